The molecule has 0 aliphatic carbocycles. The molecular weight excluding hydrogens is 579 g/mol. The molecule has 7 rings (SSSR count). The summed E-state index contributed by atoms with van der Waals surface area (Å²) in [5.41, 5.74) is 3.58. The molecule has 2 fully saturated rings. The molecule has 0 bridgehead atoms. The van der Waals surface area contributed by atoms with Crippen molar-refractivity contribution in [1.29, 1.82) is 0 Å². The van der Waals surface area contributed by atoms with Crippen LogP contribution < -0.4 is 10.2 Å². The lowest BCUT2D eigenvalue weighted by Gasteiger charge is -2.36. The number of carbonyl (C=O) groups is 2. The molecule has 2 aliphatic rings. The number of nitrogens with one attached hydrogen (secondary N) is 2. The number of aromatic nitrogens is 4. The molecule has 2 saturated heterocycles. The van der Waals surface area contributed by atoms with Crippen molar-refractivity contribution in [3.05, 3.63) is 83.8 Å². The minimum absolute atomic E-state index is 0.0217. The summed E-state index contributed by atoms with van der Waals surface area (Å²) < 4.78 is 13.4. The molecule has 0 unspecified atom stereocenters. The van der Waals surface area contributed by atoms with E-state index in [4.69, 9.17) is 0 Å². The van der Waals surface area contributed by atoms with Crippen LogP contribution in [-0.2, 0) is 4.79 Å². The van der Waals surface area contributed by atoms with Gasteiger partial charge in [0.05, 0.1) is 11.4 Å². The van der Waals surface area contributed by atoms with Crippen molar-refractivity contribution in [1.82, 2.24) is 35.3 Å². The highest BCUT2D eigenvalue weighted by molar-refractivity contribution is 7.20. The predicted octanol–water partition coefficient (Wildman–Crippen LogP) is 4.04. The van der Waals surface area contributed by atoms with E-state index in [1.165, 1.54) is 23.5 Å². The van der Waals surface area contributed by atoms with Gasteiger partial charge in [0.15, 0.2) is 5.82 Å². The summed E-state index contributed by atoms with van der Waals surface area (Å²) in [7, 11) is 0. The summed E-state index contributed by atoms with van der Waals surface area (Å²) in [5, 5.41) is 11.3. The maximum Gasteiger partial charge on any atom is 0.261 e. The van der Waals surface area contributed by atoms with E-state index < -0.39 is 0 Å². The quantitative estimate of drug-likeness (QED) is 0.286. The minimum atomic E-state index is -0.307. The summed E-state index contributed by atoms with van der Waals surface area (Å²) in [6, 6.07) is 18.0. The number of thiophene rings is 1. The van der Waals surface area contributed by atoms with Crippen LogP contribution in [0.25, 0.3) is 32.9 Å². The predicted molar refractivity (Wildman–Crippen MR) is 168 cm³/mol. The normalized spacial score (nSPS) is 17.3. The van der Waals surface area contributed by atoms with E-state index in [9.17, 15) is 14.0 Å². The van der Waals surface area contributed by atoms with Crippen molar-refractivity contribution < 1.29 is 14.0 Å². The van der Waals surface area contributed by atoms with Gasteiger partial charge in [-0.2, -0.15) is 5.10 Å². The van der Waals surface area contributed by atoms with Crippen LogP contribution in [0.2, 0.25) is 0 Å². The highest BCUT2D eigenvalue weighted by Gasteiger charge is 2.29. The summed E-state index contributed by atoms with van der Waals surface area (Å²) in [6.45, 7) is 4.66. The average Bonchev–Trinajstić information content (AvgIpc) is 3.79. The van der Waals surface area contributed by atoms with Crippen molar-refractivity contribution in [3.8, 4) is 22.6 Å². The first kappa shape index (κ1) is 28.1. The molecule has 2 aromatic carbocycles. The number of rotatable bonds is 7. The number of anilines is 1. The summed E-state index contributed by atoms with van der Waals surface area (Å²) >= 11 is 1.35. The Bertz CT molecular complexity index is 1770. The molecule has 0 spiro atoms. The zero-order chi connectivity index (χ0) is 30.0. The van der Waals surface area contributed by atoms with Gasteiger partial charge in [-0.1, -0.05) is 0 Å². The van der Waals surface area contributed by atoms with Crippen molar-refractivity contribution >= 4 is 39.1 Å². The Morgan fingerprint density at radius 2 is 1.68 bits per heavy atom. The monoisotopic (exact) mass is 610 g/mol. The van der Waals surface area contributed by atoms with E-state index in [2.05, 4.69) is 47.4 Å². The summed E-state index contributed by atoms with van der Waals surface area (Å²) in [4.78, 5) is 42.6. The minimum Gasteiger partial charge on any atom is -0.368 e. The van der Waals surface area contributed by atoms with Crippen molar-refractivity contribution in [3.63, 3.8) is 0 Å². The van der Waals surface area contributed by atoms with E-state index >= 15 is 0 Å². The fraction of sp³-hybridized carbons (Fsp3) is 0.281. The maximum atomic E-state index is 13.4. The van der Waals surface area contributed by atoms with Crippen LogP contribution in [-0.4, -0.2) is 93.6 Å². The number of H-pyrrole nitrogens is 1. The molecule has 0 radical (unpaired) electrons. The first-order valence-corrected chi connectivity index (χ1v) is 15.5. The van der Waals surface area contributed by atoms with Crippen LogP contribution in [0.15, 0.2) is 73.1 Å². The third-order valence-corrected chi connectivity index (χ3v) is 9.29. The third kappa shape index (κ3) is 5.90. The molecule has 224 valence electrons. The van der Waals surface area contributed by atoms with Gasteiger partial charge in [-0.25, -0.2) is 14.4 Å². The number of likely N-dealkylation sites (tertiary alicyclic amines) is 1. The van der Waals surface area contributed by atoms with Gasteiger partial charge in [-0.15, -0.1) is 11.3 Å². The van der Waals surface area contributed by atoms with E-state index in [1.807, 2.05) is 23.1 Å². The molecule has 1 atom stereocenters. The topological polar surface area (TPSA) is 110 Å². The summed E-state index contributed by atoms with van der Waals surface area (Å²) in [5.74, 6) is 0.389. The number of fused-ring (bicyclic) bond motifs is 1. The SMILES string of the molecule is O=C(N[C@@H]1CCN(CC(=O)N2CCN(c3ccc(-c4ncccn4)cc3)CC2)C1)c1cc2c(-c3ccc(F)cc3)n[nH]c2s1. The maximum absolute atomic E-state index is 13.4. The van der Waals surface area contributed by atoms with Crippen LogP contribution in [0.3, 0.4) is 0 Å². The van der Waals surface area contributed by atoms with E-state index in [0.29, 0.717) is 42.6 Å². The van der Waals surface area contributed by atoms with Gasteiger partial charge in [0.2, 0.25) is 5.91 Å². The number of nitrogens with zero attached hydrogens (tertiary/aromatic N) is 6. The molecule has 3 aromatic heterocycles. The van der Waals surface area contributed by atoms with Crippen molar-refractivity contribution in [2.45, 2.75) is 12.5 Å². The van der Waals surface area contributed by atoms with E-state index in [-0.39, 0.29) is 23.7 Å². The smallest absolute Gasteiger partial charge is 0.261 e. The van der Waals surface area contributed by atoms with Crippen LogP contribution in [0.1, 0.15) is 16.1 Å². The van der Waals surface area contributed by atoms with Crippen LogP contribution >= 0.6 is 11.3 Å². The second-order valence-corrected chi connectivity index (χ2v) is 12.2. The lowest BCUT2D eigenvalue weighted by molar-refractivity contribution is -0.132. The molecular formula is C32H31FN8O2S. The number of aromatic amines is 1. The number of benzene rings is 2. The standard InChI is InChI=1S/C32H31FN8O2S/c33-23-6-2-21(3-7-23)29-26-18-27(44-32(26)38-37-29)31(43)36-24-10-13-39(19-24)20-28(42)41-16-14-40(15-17-41)25-8-4-22(5-9-25)30-34-11-1-12-35-30/h1-9,11-12,18,24H,10,13-17,19-20H2,(H,36,43)(H,37,38)/t24-/m1/s1. The Morgan fingerprint density at radius 1 is 0.955 bits per heavy atom. The number of hydrogen-bond donors (Lipinski definition) is 2. The molecule has 10 nitrogen and oxygen atoms in total. The molecule has 12 heteroatoms. The average molecular weight is 611 g/mol. The zero-order valence-electron chi connectivity index (χ0n) is 23.9. The van der Waals surface area contributed by atoms with Crippen LogP contribution in [0.4, 0.5) is 10.1 Å². The zero-order valence-corrected chi connectivity index (χ0v) is 24.8. The fourth-order valence-corrected chi connectivity index (χ4v) is 6.79. The number of amides is 2. The third-order valence-electron chi connectivity index (χ3n) is 8.25. The van der Waals surface area contributed by atoms with Gasteiger partial charge in [0.1, 0.15) is 16.3 Å². The highest BCUT2D eigenvalue weighted by Crippen LogP contribution is 2.32. The van der Waals surface area contributed by atoms with Crippen LogP contribution in [0.5, 0.6) is 0 Å². The Kier molecular flexibility index (Phi) is 7.75. The Balaban J connectivity index is 0.886. The van der Waals surface area contributed by atoms with Crippen molar-refractivity contribution in [2.75, 3.05) is 50.7 Å². The van der Waals surface area contributed by atoms with Gasteiger partial charge >= 0.3 is 0 Å². The Labute approximate surface area is 257 Å². The van der Waals surface area contributed by atoms with Gasteiger partial charge in [-0.05, 0) is 67.1 Å². The largest absolute Gasteiger partial charge is 0.368 e. The number of carbonyl (C=O) groups excluding carboxylic acids is 2. The molecule has 0 saturated carbocycles. The highest BCUT2D eigenvalue weighted by atomic mass is 32.1. The van der Waals surface area contributed by atoms with Crippen LogP contribution in [0, 0.1) is 5.82 Å². The van der Waals surface area contributed by atoms with Gasteiger partial charge in [0, 0.05) is 79.9 Å². The van der Waals surface area contributed by atoms with E-state index in [1.54, 1.807) is 30.6 Å². The lowest BCUT2D eigenvalue weighted by atomic mass is 10.1. The molecule has 2 amide bonds. The molecule has 2 aliphatic heterocycles. The second-order valence-electron chi connectivity index (χ2n) is 11.1. The molecule has 5 heterocycles. The molecule has 44 heavy (non-hydrogen) atoms. The molecule has 2 N–H and O–H groups in total. The fourth-order valence-electron chi connectivity index (χ4n) is 5.88. The Morgan fingerprint density at radius 3 is 2.43 bits per heavy atom. The van der Waals surface area contributed by atoms with Gasteiger partial charge in [-0.3, -0.25) is 19.6 Å². The number of halogens is 1. The number of hydrogen-bond acceptors (Lipinski definition) is 8. The molecule has 5 aromatic rings. The van der Waals surface area contributed by atoms with Gasteiger partial charge in [0.25, 0.3) is 5.91 Å². The van der Waals surface area contributed by atoms with Crippen molar-refractivity contribution in [2.24, 2.45) is 0 Å². The Hall–Kier alpha value is -4.68. The van der Waals surface area contributed by atoms with Gasteiger partial charge < -0.3 is 15.1 Å². The number of piperazine rings is 1. The first-order valence-electron chi connectivity index (χ1n) is 14.7. The summed E-state index contributed by atoms with van der Waals surface area (Å²) in [6.07, 6.45) is 4.27. The lowest BCUT2D eigenvalue weighted by Crippen LogP contribution is -2.51. The second kappa shape index (κ2) is 12.1. The van der Waals surface area contributed by atoms with E-state index in [0.717, 1.165) is 53.1 Å². The first-order chi connectivity index (χ1) is 21.5.